The summed E-state index contributed by atoms with van der Waals surface area (Å²) in [7, 11) is -5.09. The molecule has 7 atom stereocenters. The van der Waals surface area contributed by atoms with E-state index in [0.717, 1.165) is 44.9 Å². The second kappa shape index (κ2) is 50.1. The minimum absolute atomic E-state index is 0.262. The number of aliphatic hydroxyl groups is 4. The normalized spacial score (nSPS) is 19.4. The van der Waals surface area contributed by atoms with Crippen molar-refractivity contribution in [3.05, 3.63) is 24.3 Å². The number of aliphatic hydroxyl groups excluding tert-OH is 4. The van der Waals surface area contributed by atoms with Crippen molar-refractivity contribution >= 4 is 16.3 Å². The van der Waals surface area contributed by atoms with Crippen LogP contribution in [0.15, 0.2) is 24.3 Å². The van der Waals surface area contributed by atoms with Crippen LogP contribution in [-0.4, -0.2) is 95.4 Å². The van der Waals surface area contributed by atoms with Crippen LogP contribution in [0.5, 0.6) is 0 Å². The van der Waals surface area contributed by atoms with Gasteiger partial charge in [0.2, 0.25) is 5.91 Å². The fourth-order valence-corrected chi connectivity index (χ4v) is 10.5. The van der Waals surface area contributed by atoms with Gasteiger partial charge in [-0.15, -0.1) is 0 Å². The van der Waals surface area contributed by atoms with Crippen LogP contribution in [0.4, 0.5) is 0 Å². The first-order valence-corrected chi connectivity index (χ1v) is 32.1. The summed E-state index contributed by atoms with van der Waals surface area (Å²) in [4.78, 5) is 13.1. The average molecular weight is 1060 g/mol. The highest BCUT2D eigenvalue weighted by Crippen LogP contribution is 2.26. The zero-order valence-electron chi connectivity index (χ0n) is 47.0. The summed E-state index contributed by atoms with van der Waals surface area (Å²) in [6.07, 6.45) is 53.7. The number of hydrogen-bond acceptors (Lipinski definition) is 10. The van der Waals surface area contributed by atoms with Crippen LogP contribution in [0.25, 0.3) is 0 Å². The Balaban J connectivity index is 2.35. The van der Waals surface area contributed by atoms with E-state index in [1.54, 1.807) is 6.08 Å². The van der Waals surface area contributed by atoms with E-state index in [1.165, 1.54) is 225 Å². The fraction of sp³-hybridized carbons (Fsp3) is 0.917. The summed E-state index contributed by atoms with van der Waals surface area (Å²) < 4.78 is 47.9. The van der Waals surface area contributed by atoms with Gasteiger partial charge in [-0.1, -0.05) is 269 Å². The Labute approximate surface area is 448 Å². The highest BCUT2D eigenvalue weighted by molar-refractivity contribution is 7.80. The Kier molecular flexibility index (Phi) is 47.8. The number of carbonyl (C=O) groups excluding carboxylic acids is 1. The lowest BCUT2D eigenvalue weighted by molar-refractivity contribution is -0.298. The smallest absolute Gasteiger partial charge is 0.394 e. The minimum Gasteiger partial charge on any atom is -0.394 e. The van der Waals surface area contributed by atoms with Crippen LogP contribution < -0.4 is 5.32 Å². The van der Waals surface area contributed by atoms with Crippen LogP contribution in [-0.2, 0) is 28.9 Å². The Hall–Kier alpha value is -1.42. The van der Waals surface area contributed by atoms with Gasteiger partial charge in [-0.3, -0.25) is 9.35 Å². The zero-order valence-corrected chi connectivity index (χ0v) is 47.8. The maximum Gasteiger partial charge on any atom is 0.397 e. The number of amides is 1. The molecule has 0 aromatic carbocycles. The van der Waals surface area contributed by atoms with Gasteiger partial charge in [0.25, 0.3) is 0 Å². The van der Waals surface area contributed by atoms with Crippen molar-refractivity contribution in [1.82, 2.24) is 5.32 Å². The number of rotatable bonds is 54. The average Bonchev–Trinajstić information content (AvgIpc) is 3.37. The standard InChI is InChI=1S/C60H115NO11S/c1-3-5-7-9-11-13-15-17-19-21-23-25-27-29-31-33-35-37-39-41-43-45-47-49-54(63)53(52-70-60-58(66)59(72-73(67,68)69)57(65)55(51-62)71-60)61-56(64)50-48-46-44-42-40-38-36-34-32-30-28-26-24-22-20-18-16-14-12-10-8-6-4-2/h30,32,47,49,53-55,57-60,62-63,65-66H,3-29,31,33-46,48,50-52H2,1-2H3,(H,61,64)(H,67,68,69)/b32-30-,49-47+. The molecule has 1 amide bonds. The van der Waals surface area contributed by atoms with Crippen LogP contribution >= 0.6 is 0 Å². The maximum absolute atomic E-state index is 13.1. The van der Waals surface area contributed by atoms with Crippen molar-refractivity contribution in [2.75, 3.05) is 13.2 Å². The minimum atomic E-state index is -5.09. The first-order valence-electron chi connectivity index (χ1n) is 30.7. The van der Waals surface area contributed by atoms with Crippen molar-refractivity contribution in [3.8, 4) is 0 Å². The van der Waals surface area contributed by atoms with Gasteiger partial charge in [0.05, 0.1) is 25.4 Å². The number of carbonyl (C=O) groups is 1. The van der Waals surface area contributed by atoms with Crippen molar-refractivity contribution in [2.45, 2.75) is 339 Å². The van der Waals surface area contributed by atoms with Crippen molar-refractivity contribution in [2.24, 2.45) is 0 Å². The topological polar surface area (TPSA) is 192 Å². The van der Waals surface area contributed by atoms with E-state index in [0.29, 0.717) is 6.42 Å². The van der Waals surface area contributed by atoms with Gasteiger partial charge in [0, 0.05) is 6.42 Å². The molecular formula is C60H115NO11S. The number of nitrogens with one attached hydrogen (secondary N) is 1. The Morgan fingerprint density at radius 2 is 0.877 bits per heavy atom. The number of ether oxygens (including phenoxy) is 2. The van der Waals surface area contributed by atoms with Crippen molar-refractivity contribution < 1.29 is 51.8 Å². The van der Waals surface area contributed by atoms with Gasteiger partial charge in [0.1, 0.15) is 24.4 Å². The number of hydrogen-bond donors (Lipinski definition) is 6. The molecule has 13 heteroatoms. The lowest BCUT2D eigenvalue weighted by Crippen LogP contribution is -2.61. The SMILES string of the molecule is CCCCCCCCCCCCCC/C=C\CCCCCCCCCC(=O)NC(COC1OC(CO)C(O)C(OS(=O)(=O)O)C1O)C(O)/C=C/CCCCCCCCCCCCCCCCCCCCCCC. The Morgan fingerprint density at radius 3 is 1.23 bits per heavy atom. The van der Waals surface area contributed by atoms with Gasteiger partial charge in [-0.25, -0.2) is 4.18 Å². The molecule has 1 aliphatic rings. The van der Waals surface area contributed by atoms with Crippen LogP contribution in [0.3, 0.4) is 0 Å². The van der Waals surface area contributed by atoms with Crippen molar-refractivity contribution in [1.29, 1.82) is 0 Å². The van der Waals surface area contributed by atoms with Crippen molar-refractivity contribution in [3.63, 3.8) is 0 Å². The van der Waals surface area contributed by atoms with Gasteiger partial charge < -0.3 is 35.2 Å². The summed E-state index contributed by atoms with van der Waals surface area (Å²) in [6.45, 7) is 3.44. The molecule has 0 saturated carbocycles. The highest BCUT2D eigenvalue weighted by atomic mass is 32.3. The largest absolute Gasteiger partial charge is 0.397 e. The molecule has 0 spiro atoms. The molecule has 0 aliphatic carbocycles. The second-order valence-corrected chi connectivity index (χ2v) is 22.7. The molecule has 1 aliphatic heterocycles. The molecular weight excluding hydrogens is 943 g/mol. The predicted octanol–water partition coefficient (Wildman–Crippen LogP) is 14.8. The fourth-order valence-electron chi connectivity index (χ4n) is 9.98. The number of unbranched alkanes of at least 4 members (excludes halogenated alkanes) is 40. The van der Waals surface area contributed by atoms with Gasteiger partial charge in [-0.2, -0.15) is 8.42 Å². The zero-order chi connectivity index (χ0) is 53.3. The summed E-state index contributed by atoms with van der Waals surface area (Å²) in [5.41, 5.74) is 0. The van der Waals surface area contributed by atoms with E-state index >= 15 is 0 Å². The molecule has 0 bridgehead atoms. The van der Waals surface area contributed by atoms with Gasteiger partial charge in [-0.05, 0) is 44.9 Å². The van der Waals surface area contributed by atoms with E-state index in [4.69, 9.17) is 9.47 Å². The van der Waals surface area contributed by atoms with Crippen LogP contribution in [0.1, 0.15) is 296 Å². The van der Waals surface area contributed by atoms with Crippen LogP contribution in [0.2, 0.25) is 0 Å². The third-order valence-corrected chi connectivity index (χ3v) is 15.2. The lowest BCUT2D eigenvalue weighted by atomic mass is 9.99. The first kappa shape index (κ1) is 69.6. The van der Waals surface area contributed by atoms with Gasteiger partial charge >= 0.3 is 10.4 Å². The maximum atomic E-state index is 13.1. The molecule has 7 unspecified atom stereocenters. The molecule has 12 nitrogen and oxygen atoms in total. The molecule has 0 aromatic heterocycles. The second-order valence-electron chi connectivity index (χ2n) is 21.6. The third-order valence-electron chi connectivity index (χ3n) is 14.7. The van der Waals surface area contributed by atoms with E-state index in [2.05, 4.69) is 35.5 Å². The summed E-state index contributed by atoms with van der Waals surface area (Å²) in [5.74, 6) is -0.262. The molecule has 6 N–H and O–H groups in total. The summed E-state index contributed by atoms with van der Waals surface area (Å²) in [6, 6.07) is -0.946. The molecule has 73 heavy (non-hydrogen) atoms. The quantitative estimate of drug-likeness (QED) is 0.0193. The molecule has 0 aromatic rings. The van der Waals surface area contributed by atoms with E-state index in [1.807, 2.05) is 6.08 Å². The molecule has 1 saturated heterocycles. The van der Waals surface area contributed by atoms with E-state index in [-0.39, 0.29) is 18.9 Å². The number of allylic oxidation sites excluding steroid dienone is 3. The summed E-state index contributed by atoms with van der Waals surface area (Å²) >= 11 is 0. The Bertz CT molecular complexity index is 1380. The predicted molar refractivity (Wildman–Crippen MR) is 301 cm³/mol. The molecule has 1 rings (SSSR count). The molecule has 1 fully saturated rings. The highest BCUT2D eigenvalue weighted by Gasteiger charge is 2.48. The first-order chi connectivity index (χ1) is 35.5. The summed E-state index contributed by atoms with van der Waals surface area (Å²) in [5, 5.41) is 45.0. The monoisotopic (exact) mass is 1060 g/mol. The molecule has 1 heterocycles. The third kappa shape index (κ3) is 42.3. The lowest BCUT2D eigenvalue weighted by Gasteiger charge is -2.41. The van der Waals surface area contributed by atoms with Gasteiger partial charge in [0.15, 0.2) is 6.29 Å². The van der Waals surface area contributed by atoms with E-state index in [9.17, 15) is 38.2 Å². The van der Waals surface area contributed by atoms with E-state index < -0.39 is 59.9 Å². The molecule has 432 valence electrons. The Morgan fingerprint density at radius 1 is 0.534 bits per heavy atom. The molecule has 0 radical (unpaired) electrons. The van der Waals surface area contributed by atoms with Crippen LogP contribution in [0, 0.1) is 0 Å².